The molecule has 0 spiro atoms. The molecule has 1 aromatic heterocycles. The van der Waals surface area contributed by atoms with Gasteiger partial charge in [-0.25, -0.2) is 9.48 Å². The maximum atomic E-state index is 13.3. The Balaban J connectivity index is 1.60. The van der Waals surface area contributed by atoms with Crippen LogP contribution in [0.4, 0.5) is 4.79 Å². The summed E-state index contributed by atoms with van der Waals surface area (Å²) in [7, 11) is 0. The number of nitrogens with zero attached hydrogens (tertiary/aromatic N) is 4. The van der Waals surface area contributed by atoms with Crippen molar-refractivity contribution in [2.75, 3.05) is 26.2 Å². The summed E-state index contributed by atoms with van der Waals surface area (Å²) in [4.78, 5) is 29.5. The number of carbonyl (C=O) groups excluding carboxylic acids is 2. The number of ether oxygens (including phenoxy) is 1. The Kier molecular flexibility index (Phi) is 6.26. The highest BCUT2D eigenvalue weighted by molar-refractivity contribution is 5.95. The molecule has 0 N–H and O–H groups in total. The van der Waals surface area contributed by atoms with Gasteiger partial charge in [-0.05, 0) is 65.5 Å². The molecule has 2 aliphatic rings. The summed E-state index contributed by atoms with van der Waals surface area (Å²) >= 11 is 0. The second-order valence-electron chi connectivity index (χ2n) is 9.93. The molecule has 172 valence electrons. The average Bonchev–Trinajstić information content (AvgIpc) is 3.43. The molecule has 4 rings (SSSR count). The lowest BCUT2D eigenvalue weighted by Crippen LogP contribution is -2.41. The number of hydrogen-bond donors (Lipinski definition) is 0. The Bertz CT molecular complexity index is 960. The molecular weight excluding hydrogens is 404 g/mol. The summed E-state index contributed by atoms with van der Waals surface area (Å²) in [6.45, 7) is 10.5. The van der Waals surface area contributed by atoms with E-state index in [1.807, 2.05) is 42.5 Å². The molecule has 2 amide bonds. The molecule has 0 atom stereocenters. The van der Waals surface area contributed by atoms with E-state index in [0.29, 0.717) is 18.7 Å². The molecule has 0 aliphatic carbocycles. The highest BCUT2D eigenvalue weighted by Gasteiger charge is 2.33. The minimum absolute atomic E-state index is 0.0745. The second-order valence-corrected chi connectivity index (χ2v) is 9.93. The van der Waals surface area contributed by atoms with Gasteiger partial charge in [0.05, 0.1) is 23.1 Å². The molecule has 7 heteroatoms. The molecule has 7 nitrogen and oxygen atoms in total. The highest BCUT2D eigenvalue weighted by Crippen LogP contribution is 2.33. The average molecular weight is 439 g/mol. The lowest BCUT2D eigenvalue weighted by Gasteiger charge is -2.34. The van der Waals surface area contributed by atoms with E-state index in [1.165, 1.54) is 5.56 Å². The molecule has 2 saturated heterocycles. The third-order valence-corrected chi connectivity index (χ3v) is 6.24. The van der Waals surface area contributed by atoms with Crippen LogP contribution < -0.4 is 0 Å². The number of aryl methyl sites for hydroxylation is 1. The summed E-state index contributed by atoms with van der Waals surface area (Å²) in [5, 5.41) is 4.65. The zero-order valence-corrected chi connectivity index (χ0v) is 19.6. The maximum absolute atomic E-state index is 13.3. The standard InChI is InChI=1S/C25H34N4O3/c1-18-7-9-20(10-8-18)29-22(21(17-26-29)23(30)27-13-5-6-14-27)19-11-15-28(16-12-19)24(31)32-25(2,3)4/h7-10,17,19H,5-6,11-16H2,1-4H3. The third-order valence-electron chi connectivity index (χ3n) is 6.24. The lowest BCUT2D eigenvalue weighted by atomic mass is 9.90. The molecule has 0 saturated carbocycles. The molecule has 1 aromatic carbocycles. The zero-order chi connectivity index (χ0) is 22.9. The molecule has 3 heterocycles. The van der Waals surface area contributed by atoms with Crippen molar-refractivity contribution >= 4 is 12.0 Å². The first kappa shape index (κ1) is 22.4. The third kappa shape index (κ3) is 4.81. The van der Waals surface area contributed by atoms with E-state index in [4.69, 9.17) is 4.74 Å². The summed E-state index contributed by atoms with van der Waals surface area (Å²) in [6.07, 6.45) is 5.13. The molecule has 0 bridgehead atoms. The maximum Gasteiger partial charge on any atom is 0.410 e. The van der Waals surface area contributed by atoms with Crippen LogP contribution in [0.5, 0.6) is 0 Å². The van der Waals surface area contributed by atoms with Gasteiger partial charge in [0.1, 0.15) is 5.60 Å². The number of likely N-dealkylation sites (tertiary alicyclic amines) is 2. The van der Waals surface area contributed by atoms with Crippen LogP contribution in [0.1, 0.15) is 74.0 Å². The van der Waals surface area contributed by atoms with Crippen molar-refractivity contribution in [3.63, 3.8) is 0 Å². The largest absolute Gasteiger partial charge is 0.444 e. The number of hydrogen-bond acceptors (Lipinski definition) is 4. The summed E-state index contributed by atoms with van der Waals surface area (Å²) in [5.74, 6) is 0.226. The number of piperidine rings is 1. The van der Waals surface area contributed by atoms with Gasteiger partial charge < -0.3 is 14.5 Å². The highest BCUT2D eigenvalue weighted by atomic mass is 16.6. The fraction of sp³-hybridized carbons (Fsp3) is 0.560. The second kappa shape index (κ2) is 8.96. The van der Waals surface area contributed by atoms with E-state index in [0.717, 1.165) is 50.2 Å². The first-order valence-electron chi connectivity index (χ1n) is 11.6. The van der Waals surface area contributed by atoms with Gasteiger partial charge in [-0.15, -0.1) is 0 Å². The monoisotopic (exact) mass is 438 g/mol. The molecule has 32 heavy (non-hydrogen) atoms. The number of amides is 2. The van der Waals surface area contributed by atoms with Crippen molar-refractivity contribution in [1.29, 1.82) is 0 Å². The van der Waals surface area contributed by atoms with Crippen LogP contribution >= 0.6 is 0 Å². The normalized spacial score (nSPS) is 17.6. The van der Waals surface area contributed by atoms with Gasteiger partial charge in [0, 0.05) is 32.1 Å². The summed E-state index contributed by atoms with van der Waals surface area (Å²) in [5.41, 5.74) is 3.30. The number of benzene rings is 1. The minimum Gasteiger partial charge on any atom is -0.444 e. The van der Waals surface area contributed by atoms with Gasteiger partial charge in [0.25, 0.3) is 5.91 Å². The van der Waals surface area contributed by atoms with Crippen LogP contribution in [-0.4, -0.2) is 63.4 Å². The first-order valence-corrected chi connectivity index (χ1v) is 11.6. The van der Waals surface area contributed by atoms with Crippen LogP contribution in [-0.2, 0) is 4.74 Å². The Hall–Kier alpha value is -2.83. The molecule has 0 unspecified atom stereocenters. The lowest BCUT2D eigenvalue weighted by molar-refractivity contribution is 0.0203. The molecule has 2 fully saturated rings. The quantitative estimate of drug-likeness (QED) is 0.706. The van der Waals surface area contributed by atoms with E-state index >= 15 is 0 Å². The Morgan fingerprint density at radius 3 is 2.19 bits per heavy atom. The van der Waals surface area contributed by atoms with Gasteiger partial charge in [0.15, 0.2) is 0 Å². The predicted molar refractivity (Wildman–Crippen MR) is 123 cm³/mol. The topological polar surface area (TPSA) is 67.7 Å². The van der Waals surface area contributed by atoms with Crippen LogP contribution in [0.3, 0.4) is 0 Å². The van der Waals surface area contributed by atoms with Crippen LogP contribution in [0.15, 0.2) is 30.5 Å². The number of rotatable bonds is 3. The van der Waals surface area contributed by atoms with E-state index in [9.17, 15) is 9.59 Å². The molecule has 2 aliphatic heterocycles. The van der Waals surface area contributed by atoms with E-state index in [1.54, 1.807) is 11.1 Å². The van der Waals surface area contributed by atoms with Crippen LogP contribution in [0.2, 0.25) is 0 Å². The van der Waals surface area contributed by atoms with Crippen molar-refractivity contribution in [1.82, 2.24) is 19.6 Å². The van der Waals surface area contributed by atoms with E-state index < -0.39 is 5.60 Å². The van der Waals surface area contributed by atoms with Crippen molar-refractivity contribution in [2.45, 2.75) is 64.9 Å². The Morgan fingerprint density at radius 2 is 1.59 bits per heavy atom. The van der Waals surface area contributed by atoms with Gasteiger partial charge in [-0.3, -0.25) is 4.79 Å². The van der Waals surface area contributed by atoms with Gasteiger partial charge in [0.2, 0.25) is 0 Å². The van der Waals surface area contributed by atoms with E-state index in [-0.39, 0.29) is 17.9 Å². The fourth-order valence-corrected chi connectivity index (χ4v) is 4.56. The summed E-state index contributed by atoms with van der Waals surface area (Å²) in [6, 6.07) is 8.22. The van der Waals surface area contributed by atoms with Crippen molar-refractivity contribution < 1.29 is 14.3 Å². The SMILES string of the molecule is Cc1ccc(-n2ncc(C(=O)N3CCCC3)c2C2CCN(C(=O)OC(C)(C)C)CC2)cc1. The molecule has 2 aromatic rings. The van der Waals surface area contributed by atoms with Crippen molar-refractivity contribution in [3.05, 3.63) is 47.3 Å². The predicted octanol–water partition coefficient (Wildman–Crippen LogP) is 4.53. The van der Waals surface area contributed by atoms with Crippen molar-refractivity contribution in [3.8, 4) is 5.69 Å². The van der Waals surface area contributed by atoms with E-state index in [2.05, 4.69) is 24.2 Å². The number of carbonyl (C=O) groups is 2. The Morgan fingerprint density at radius 1 is 0.969 bits per heavy atom. The smallest absolute Gasteiger partial charge is 0.410 e. The first-order chi connectivity index (χ1) is 15.2. The fourth-order valence-electron chi connectivity index (χ4n) is 4.56. The van der Waals surface area contributed by atoms with Crippen LogP contribution in [0.25, 0.3) is 5.69 Å². The number of aromatic nitrogens is 2. The zero-order valence-electron chi connectivity index (χ0n) is 19.6. The van der Waals surface area contributed by atoms with Crippen LogP contribution in [0, 0.1) is 6.92 Å². The van der Waals surface area contributed by atoms with Gasteiger partial charge in [-0.2, -0.15) is 5.10 Å². The molecular formula is C25H34N4O3. The Labute approximate surface area is 190 Å². The minimum atomic E-state index is -0.507. The van der Waals surface area contributed by atoms with Crippen molar-refractivity contribution in [2.24, 2.45) is 0 Å². The summed E-state index contributed by atoms with van der Waals surface area (Å²) < 4.78 is 7.47. The van der Waals surface area contributed by atoms with Gasteiger partial charge in [-0.1, -0.05) is 17.7 Å². The van der Waals surface area contributed by atoms with Gasteiger partial charge >= 0.3 is 6.09 Å². The molecule has 0 radical (unpaired) electrons.